The van der Waals surface area contributed by atoms with E-state index in [0.717, 1.165) is 44.0 Å². The van der Waals surface area contributed by atoms with Crippen LogP contribution in [0.1, 0.15) is 21.5 Å². The third kappa shape index (κ3) is 4.61. The van der Waals surface area contributed by atoms with Crippen LogP contribution < -0.4 is 10.2 Å². The van der Waals surface area contributed by atoms with Crippen LogP contribution in [0, 0.1) is 19.7 Å². The lowest BCUT2D eigenvalue weighted by molar-refractivity contribution is 0.0947. The van der Waals surface area contributed by atoms with Gasteiger partial charge < -0.3 is 10.2 Å². The zero-order chi connectivity index (χ0) is 18.5. The van der Waals surface area contributed by atoms with E-state index in [1.807, 2.05) is 44.2 Å². The molecule has 1 aliphatic heterocycles. The van der Waals surface area contributed by atoms with E-state index in [1.165, 1.54) is 17.7 Å². The number of nitrogens with one attached hydrogen (secondary N) is 1. The first-order valence-corrected chi connectivity index (χ1v) is 9.11. The standard InChI is InChI=1S/C21H26FN3O/c1-16-3-4-18(15-17(16)2)21(26)23-9-10-24-11-13-25(14-12-24)20-7-5-19(22)6-8-20/h3-8,15H,9-14H2,1-2H3,(H,23,26). The van der Waals surface area contributed by atoms with E-state index >= 15 is 0 Å². The highest BCUT2D eigenvalue weighted by Crippen LogP contribution is 2.16. The number of hydrogen-bond donors (Lipinski definition) is 1. The SMILES string of the molecule is Cc1ccc(C(=O)NCCN2CCN(c3ccc(F)cc3)CC2)cc1C. The average Bonchev–Trinajstić information content (AvgIpc) is 2.65. The van der Waals surface area contributed by atoms with Crippen molar-refractivity contribution in [2.24, 2.45) is 0 Å². The molecule has 26 heavy (non-hydrogen) atoms. The van der Waals surface area contributed by atoms with Gasteiger partial charge in [-0.25, -0.2) is 4.39 Å². The predicted octanol–water partition coefficient (Wildman–Crippen LogP) is 2.99. The molecule has 0 radical (unpaired) electrons. The van der Waals surface area contributed by atoms with Crippen molar-refractivity contribution in [1.82, 2.24) is 10.2 Å². The van der Waals surface area contributed by atoms with E-state index in [2.05, 4.69) is 15.1 Å². The van der Waals surface area contributed by atoms with Crippen molar-refractivity contribution in [3.8, 4) is 0 Å². The summed E-state index contributed by atoms with van der Waals surface area (Å²) in [6.45, 7) is 9.26. The molecule has 3 rings (SSSR count). The molecule has 0 spiro atoms. The Bertz CT molecular complexity index is 752. The Morgan fingerprint density at radius 3 is 2.35 bits per heavy atom. The monoisotopic (exact) mass is 355 g/mol. The van der Waals surface area contributed by atoms with E-state index in [4.69, 9.17) is 0 Å². The van der Waals surface area contributed by atoms with Gasteiger partial charge in [0, 0.05) is 50.5 Å². The third-order valence-electron chi connectivity index (χ3n) is 5.05. The lowest BCUT2D eigenvalue weighted by Crippen LogP contribution is -2.48. The number of halogens is 1. The van der Waals surface area contributed by atoms with Gasteiger partial charge in [-0.1, -0.05) is 6.07 Å². The molecule has 1 saturated heterocycles. The molecule has 2 aromatic carbocycles. The smallest absolute Gasteiger partial charge is 0.251 e. The maximum atomic E-state index is 13.0. The molecular weight excluding hydrogens is 329 g/mol. The molecule has 1 amide bonds. The van der Waals surface area contributed by atoms with Gasteiger partial charge in [0.15, 0.2) is 0 Å². The van der Waals surface area contributed by atoms with Crippen LogP contribution in [0.4, 0.5) is 10.1 Å². The highest BCUT2D eigenvalue weighted by atomic mass is 19.1. The van der Waals surface area contributed by atoms with Gasteiger partial charge in [0.1, 0.15) is 5.82 Å². The fourth-order valence-electron chi connectivity index (χ4n) is 3.19. The topological polar surface area (TPSA) is 35.6 Å². The second kappa shape index (κ2) is 8.32. The molecule has 5 heteroatoms. The number of benzene rings is 2. The first kappa shape index (κ1) is 18.4. The Morgan fingerprint density at radius 1 is 1.00 bits per heavy atom. The van der Waals surface area contributed by atoms with Crippen molar-refractivity contribution < 1.29 is 9.18 Å². The van der Waals surface area contributed by atoms with Crippen LogP contribution in [-0.2, 0) is 0 Å². The summed E-state index contributed by atoms with van der Waals surface area (Å²) in [4.78, 5) is 16.9. The minimum absolute atomic E-state index is 0.0157. The second-order valence-corrected chi connectivity index (χ2v) is 6.86. The molecule has 0 bridgehead atoms. The molecule has 0 atom stereocenters. The lowest BCUT2D eigenvalue weighted by atomic mass is 10.1. The minimum Gasteiger partial charge on any atom is -0.369 e. The summed E-state index contributed by atoms with van der Waals surface area (Å²) in [5.74, 6) is -0.218. The highest BCUT2D eigenvalue weighted by Gasteiger charge is 2.17. The molecule has 0 aliphatic carbocycles. The molecule has 0 aromatic heterocycles. The second-order valence-electron chi connectivity index (χ2n) is 6.86. The molecule has 0 unspecified atom stereocenters. The van der Waals surface area contributed by atoms with Gasteiger partial charge in [-0.2, -0.15) is 0 Å². The van der Waals surface area contributed by atoms with E-state index in [-0.39, 0.29) is 11.7 Å². The van der Waals surface area contributed by atoms with Gasteiger partial charge in [0.05, 0.1) is 0 Å². The summed E-state index contributed by atoms with van der Waals surface area (Å²) < 4.78 is 13.0. The van der Waals surface area contributed by atoms with Crippen LogP contribution in [0.15, 0.2) is 42.5 Å². The number of carbonyl (C=O) groups is 1. The Kier molecular flexibility index (Phi) is 5.89. The quantitative estimate of drug-likeness (QED) is 0.896. The molecular formula is C21H26FN3O. The van der Waals surface area contributed by atoms with Gasteiger partial charge >= 0.3 is 0 Å². The van der Waals surface area contributed by atoms with Gasteiger partial charge in [-0.15, -0.1) is 0 Å². The van der Waals surface area contributed by atoms with Crippen LogP contribution in [0.5, 0.6) is 0 Å². The summed E-state index contributed by atoms with van der Waals surface area (Å²) in [6.07, 6.45) is 0. The first-order valence-electron chi connectivity index (χ1n) is 9.11. The van der Waals surface area contributed by atoms with Crippen LogP contribution in [0.3, 0.4) is 0 Å². The van der Waals surface area contributed by atoms with Gasteiger partial charge in [-0.05, 0) is 61.4 Å². The number of anilines is 1. The number of aryl methyl sites for hydroxylation is 2. The number of nitrogens with zero attached hydrogens (tertiary/aromatic N) is 2. The number of amides is 1. The molecule has 4 nitrogen and oxygen atoms in total. The van der Waals surface area contributed by atoms with Crippen molar-refractivity contribution in [2.75, 3.05) is 44.2 Å². The number of carbonyl (C=O) groups excluding carboxylic acids is 1. The molecule has 2 aromatic rings. The van der Waals surface area contributed by atoms with Gasteiger partial charge in [0.2, 0.25) is 0 Å². The molecule has 138 valence electrons. The highest BCUT2D eigenvalue weighted by molar-refractivity contribution is 5.94. The van der Waals surface area contributed by atoms with Crippen molar-refractivity contribution >= 4 is 11.6 Å². The van der Waals surface area contributed by atoms with Crippen molar-refractivity contribution in [3.05, 3.63) is 65.0 Å². The largest absolute Gasteiger partial charge is 0.369 e. The Balaban J connectivity index is 1.41. The number of piperazine rings is 1. The number of rotatable bonds is 5. The Labute approximate surface area is 154 Å². The van der Waals surface area contributed by atoms with Gasteiger partial charge in [-0.3, -0.25) is 9.69 Å². The molecule has 1 N–H and O–H groups in total. The van der Waals surface area contributed by atoms with Crippen molar-refractivity contribution in [3.63, 3.8) is 0 Å². The predicted molar refractivity (Wildman–Crippen MR) is 103 cm³/mol. The van der Waals surface area contributed by atoms with E-state index in [9.17, 15) is 9.18 Å². The number of hydrogen-bond acceptors (Lipinski definition) is 3. The summed E-state index contributed by atoms with van der Waals surface area (Å²) >= 11 is 0. The molecule has 1 fully saturated rings. The summed E-state index contributed by atoms with van der Waals surface area (Å²) in [5.41, 5.74) is 4.11. The Morgan fingerprint density at radius 2 is 1.69 bits per heavy atom. The minimum atomic E-state index is -0.202. The average molecular weight is 355 g/mol. The fourth-order valence-corrected chi connectivity index (χ4v) is 3.19. The Hall–Kier alpha value is -2.40. The fraction of sp³-hybridized carbons (Fsp3) is 0.381. The maximum Gasteiger partial charge on any atom is 0.251 e. The maximum absolute atomic E-state index is 13.0. The van der Waals surface area contributed by atoms with Gasteiger partial charge in [0.25, 0.3) is 5.91 Å². The van der Waals surface area contributed by atoms with Crippen LogP contribution in [0.25, 0.3) is 0 Å². The third-order valence-corrected chi connectivity index (χ3v) is 5.05. The zero-order valence-corrected chi connectivity index (χ0v) is 15.5. The first-order chi connectivity index (χ1) is 12.5. The van der Waals surface area contributed by atoms with Crippen molar-refractivity contribution in [1.29, 1.82) is 0 Å². The lowest BCUT2D eigenvalue weighted by Gasteiger charge is -2.36. The summed E-state index contributed by atoms with van der Waals surface area (Å²) in [6, 6.07) is 12.5. The van der Waals surface area contributed by atoms with E-state index in [0.29, 0.717) is 12.1 Å². The van der Waals surface area contributed by atoms with E-state index < -0.39 is 0 Å². The van der Waals surface area contributed by atoms with Crippen LogP contribution >= 0.6 is 0 Å². The summed E-state index contributed by atoms with van der Waals surface area (Å²) in [7, 11) is 0. The zero-order valence-electron chi connectivity index (χ0n) is 15.5. The molecule has 1 aliphatic rings. The summed E-state index contributed by atoms with van der Waals surface area (Å²) in [5, 5.41) is 3.01. The van der Waals surface area contributed by atoms with E-state index in [1.54, 1.807) is 0 Å². The van der Waals surface area contributed by atoms with Crippen LogP contribution in [-0.4, -0.2) is 50.1 Å². The van der Waals surface area contributed by atoms with Crippen LogP contribution in [0.2, 0.25) is 0 Å². The molecule has 0 saturated carbocycles. The normalized spacial score (nSPS) is 15.1. The molecule has 1 heterocycles. The van der Waals surface area contributed by atoms with Crippen molar-refractivity contribution in [2.45, 2.75) is 13.8 Å².